The van der Waals surface area contributed by atoms with Gasteiger partial charge in [0.25, 0.3) is 0 Å². The van der Waals surface area contributed by atoms with Gasteiger partial charge in [0, 0.05) is 23.2 Å². The molecule has 0 unspecified atom stereocenters. The molecule has 3 nitrogen and oxygen atoms in total. The standard InChI is InChI=1S/C17H21N3/c1-12-17(15-8-9-16(18)10-15)13(2)20(19-12)11-14-6-4-3-5-7-14/h3-9,15-16H,10-11,18H2,1-2H3/t15-,16+/m0/s1. The number of allylic oxidation sites excluding steroid dienone is 1. The summed E-state index contributed by atoms with van der Waals surface area (Å²) in [5, 5.41) is 4.72. The first-order chi connectivity index (χ1) is 9.65. The second kappa shape index (κ2) is 5.25. The van der Waals surface area contributed by atoms with Gasteiger partial charge in [-0.05, 0) is 25.8 Å². The molecule has 3 heteroatoms. The average molecular weight is 267 g/mol. The zero-order valence-electron chi connectivity index (χ0n) is 12.1. The normalized spacial score (nSPS) is 21.6. The highest BCUT2D eigenvalue weighted by atomic mass is 15.3. The summed E-state index contributed by atoms with van der Waals surface area (Å²) in [5.41, 5.74) is 11.0. The van der Waals surface area contributed by atoms with E-state index in [1.54, 1.807) is 0 Å². The Morgan fingerprint density at radius 2 is 1.95 bits per heavy atom. The minimum absolute atomic E-state index is 0.191. The maximum absolute atomic E-state index is 5.98. The van der Waals surface area contributed by atoms with Gasteiger partial charge in [0.2, 0.25) is 0 Å². The highest BCUT2D eigenvalue weighted by molar-refractivity contribution is 5.35. The molecule has 0 saturated carbocycles. The van der Waals surface area contributed by atoms with Crippen LogP contribution >= 0.6 is 0 Å². The molecule has 0 fully saturated rings. The Hall–Kier alpha value is -1.87. The number of nitrogens with two attached hydrogens (primary N) is 1. The number of rotatable bonds is 3. The Kier molecular flexibility index (Phi) is 3.45. The van der Waals surface area contributed by atoms with Gasteiger partial charge in [0.15, 0.2) is 0 Å². The molecule has 0 spiro atoms. The van der Waals surface area contributed by atoms with Crippen LogP contribution in [0, 0.1) is 13.8 Å². The molecule has 3 rings (SSSR count). The Labute approximate surface area is 120 Å². The molecule has 0 aliphatic heterocycles. The van der Waals surface area contributed by atoms with Crippen LogP contribution in [0.2, 0.25) is 0 Å². The Bertz CT molecular complexity index is 625. The minimum atomic E-state index is 0.191. The van der Waals surface area contributed by atoms with Gasteiger partial charge in [-0.15, -0.1) is 0 Å². The summed E-state index contributed by atoms with van der Waals surface area (Å²) in [6.07, 6.45) is 5.34. The van der Waals surface area contributed by atoms with Gasteiger partial charge in [-0.2, -0.15) is 5.10 Å². The Morgan fingerprint density at radius 1 is 1.20 bits per heavy atom. The largest absolute Gasteiger partial charge is 0.324 e. The second-order valence-corrected chi connectivity index (χ2v) is 5.62. The summed E-state index contributed by atoms with van der Waals surface area (Å²) in [5.74, 6) is 0.425. The Morgan fingerprint density at radius 3 is 2.60 bits per heavy atom. The molecule has 1 aliphatic rings. The molecule has 2 N–H and O–H groups in total. The van der Waals surface area contributed by atoms with E-state index < -0.39 is 0 Å². The third-order valence-electron chi connectivity index (χ3n) is 4.10. The number of aryl methyl sites for hydroxylation is 1. The van der Waals surface area contributed by atoms with Crippen LogP contribution in [-0.2, 0) is 6.54 Å². The van der Waals surface area contributed by atoms with Crippen LogP contribution in [0.1, 0.15) is 34.9 Å². The fourth-order valence-electron chi connectivity index (χ4n) is 3.10. The predicted octanol–water partition coefficient (Wildman–Crippen LogP) is 2.92. The lowest BCUT2D eigenvalue weighted by atomic mass is 9.96. The van der Waals surface area contributed by atoms with E-state index in [9.17, 15) is 0 Å². The monoisotopic (exact) mass is 267 g/mol. The first kappa shape index (κ1) is 13.1. The molecule has 0 radical (unpaired) electrons. The van der Waals surface area contributed by atoms with Gasteiger partial charge in [-0.3, -0.25) is 4.68 Å². The number of benzene rings is 1. The van der Waals surface area contributed by atoms with Crippen LogP contribution in [0.15, 0.2) is 42.5 Å². The summed E-state index contributed by atoms with van der Waals surface area (Å²) >= 11 is 0. The molecule has 0 saturated heterocycles. The fraction of sp³-hybridized carbons (Fsp3) is 0.353. The average Bonchev–Trinajstić information content (AvgIpc) is 2.96. The van der Waals surface area contributed by atoms with Crippen molar-refractivity contribution < 1.29 is 0 Å². The first-order valence-electron chi connectivity index (χ1n) is 7.17. The van der Waals surface area contributed by atoms with Crippen molar-refractivity contribution in [2.24, 2.45) is 5.73 Å². The van der Waals surface area contributed by atoms with Gasteiger partial charge in [-0.25, -0.2) is 0 Å². The molecule has 1 aromatic heterocycles. The summed E-state index contributed by atoms with van der Waals surface area (Å²) in [6, 6.07) is 10.7. The van der Waals surface area contributed by atoms with Crippen LogP contribution in [-0.4, -0.2) is 15.8 Å². The quantitative estimate of drug-likeness (QED) is 0.869. The third kappa shape index (κ3) is 2.41. The lowest BCUT2D eigenvalue weighted by Crippen LogP contribution is -2.14. The summed E-state index contributed by atoms with van der Waals surface area (Å²) < 4.78 is 2.11. The fourth-order valence-corrected chi connectivity index (χ4v) is 3.10. The van der Waals surface area contributed by atoms with Crippen LogP contribution in [0.4, 0.5) is 0 Å². The zero-order valence-corrected chi connectivity index (χ0v) is 12.1. The van der Waals surface area contributed by atoms with Crippen molar-refractivity contribution in [3.8, 4) is 0 Å². The number of hydrogen-bond acceptors (Lipinski definition) is 2. The van der Waals surface area contributed by atoms with E-state index in [2.05, 4.69) is 54.9 Å². The van der Waals surface area contributed by atoms with Crippen molar-refractivity contribution in [2.45, 2.75) is 38.8 Å². The molecule has 1 aliphatic carbocycles. The highest BCUT2D eigenvalue weighted by Crippen LogP contribution is 2.32. The van der Waals surface area contributed by atoms with Gasteiger partial charge >= 0.3 is 0 Å². The van der Waals surface area contributed by atoms with Crippen LogP contribution < -0.4 is 5.73 Å². The van der Waals surface area contributed by atoms with Crippen molar-refractivity contribution in [3.05, 3.63) is 65.0 Å². The number of aromatic nitrogens is 2. The summed E-state index contributed by atoms with van der Waals surface area (Å²) in [7, 11) is 0. The first-order valence-corrected chi connectivity index (χ1v) is 7.17. The van der Waals surface area contributed by atoms with Crippen molar-refractivity contribution in [1.82, 2.24) is 9.78 Å². The molecular weight excluding hydrogens is 246 g/mol. The van der Waals surface area contributed by atoms with E-state index in [1.807, 2.05) is 6.07 Å². The van der Waals surface area contributed by atoms with Crippen molar-refractivity contribution in [1.29, 1.82) is 0 Å². The van der Waals surface area contributed by atoms with Crippen molar-refractivity contribution in [3.63, 3.8) is 0 Å². The maximum Gasteiger partial charge on any atom is 0.0662 e. The lowest BCUT2D eigenvalue weighted by molar-refractivity contribution is 0.654. The number of nitrogens with zero attached hydrogens (tertiary/aromatic N) is 2. The third-order valence-corrected chi connectivity index (χ3v) is 4.10. The van der Waals surface area contributed by atoms with Gasteiger partial charge < -0.3 is 5.73 Å². The number of hydrogen-bond donors (Lipinski definition) is 1. The summed E-state index contributed by atoms with van der Waals surface area (Å²) in [6.45, 7) is 5.09. The van der Waals surface area contributed by atoms with E-state index >= 15 is 0 Å². The van der Waals surface area contributed by atoms with E-state index in [0.29, 0.717) is 5.92 Å². The predicted molar refractivity (Wildman–Crippen MR) is 81.7 cm³/mol. The van der Waals surface area contributed by atoms with E-state index in [-0.39, 0.29) is 6.04 Å². The van der Waals surface area contributed by atoms with Gasteiger partial charge in [-0.1, -0.05) is 42.5 Å². The van der Waals surface area contributed by atoms with Crippen LogP contribution in [0.3, 0.4) is 0 Å². The highest BCUT2D eigenvalue weighted by Gasteiger charge is 2.24. The summed E-state index contributed by atoms with van der Waals surface area (Å²) in [4.78, 5) is 0. The minimum Gasteiger partial charge on any atom is -0.324 e. The smallest absolute Gasteiger partial charge is 0.0662 e. The maximum atomic E-state index is 5.98. The molecule has 20 heavy (non-hydrogen) atoms. The van der Waals surface area contributed by atoms with E-state index in [1.165, 1.54) is 16.8 Å². The Balaban J connectivity index is 1.89. The molecule has 104 valence electrons. The van der Waals surface area contributed by atoms with Gasteiger partial charge in [0.05, 0.1) is 12.2 Å². The molecule has 1 aromatic carbocycles. The van der Waals surface area contributed by atoms with Crippen molar-refractivity contribution >= 4 is 0 Å². The molecule has 0 amide bonds. The molecule has 2 atom stereocenters. The zero-order chi connectivity index (χ0) is 14.1. The molecule has 0 bridgehead atoms. The molecule has 2 aromatic rings. The van der Waals surface area contributed by atoms with Crippen LogP contribution in [0.25, 0.3) is 0 Å². The molecule has 1 heterocycles. The van der Waals surface area contributed by atoms with Crippen molar-refractivity contribution in [2.75, 3.05) is 0 Å². The van der Waals surface area contributed by atoms with Gasteiger partial charge in [0.1, 0.15) is 0 Å². The van der Waals surface area contributed by atoms with Crippen LogP contribution in [0.5, 0.6) is 0 Å². The lowest BCUT2D eigenvalue weighted by Gasteiger charge is -2.11. The second-order valence-electron chi connectivity index (χ2n) is 5.62. The topological polar surface area (TPSA) is 43.8 Å². The van der Waals surface area contributed by atoms with E-state index in [4.69, 9.17) is 10.8 Å². The van der Waals surface area contributed by atoms with E-state index in [0.717, 1.165) is 18.7 Å². The molecular formula is C17H21N3. The SMILES string of the molecule is Cc1nn(Cc2ccccc2)c(C)c1[C@H]1C=C[C@@H](N)C1.